The van der Waals surface area contributed by atoms with Gasteiger partial charge in [-0.1, -0.05) is 0 Å². The molecule has 0 atom stereocenters. The average Bonchev–Trinajstić information content (AvgIpc) is 2.44. The molecule has 0 spiro atoms. The normalized spacial score (nSPS) is 11.2. The van der Waals surface area contributed by atoms with Gasteiger partial charge in [0.1, 0.15) is 10.7 Å². The van der Waals surface area contributed by atoms with Crippen LogP contribution in [0.3, 0.4) is 0 Å². The number of benzene rings is 1. The zero-order valence-electron chi connectivity index (χ0n) is 10.9. The van der Waals surface area contributed by atoms with E-state index in [1.165, 1.54) is 18.3 Å². The van der Waals surface area contributed by atoms with Crippen LogP contribution in [0.15, 0.2) is 40.0 Å². The first kappa shape index (κ1) is 15.7. The highest BCUT2D eigenvalue weighted by Crippen LogP contribution is 2.27. The molecule has 0 bridgehead atoms. The molecule has 112 valence electrons. The molecule has 2 aromatic rings. The predicted molar refractivity (Wildman–Crippen MR) is 81.7 cm³/mol. The topological polar surface area (TPSA) is 97.1 Å². The van der Waals surface area contributed by atoms with Crippen molar-refractivity contribution in [1.29, 1.82) is 0 Å². The molecular weight excluding hydrogens is 363 g/mol. The van der Waals surface area contributed by atoms with Crippen LogP contribution in [-0.2, 0) is 10.0 Å². The summed E-state index contributed by atoms with van der Waals surface area (Å²) < 4.78 is 40.8. The van der Waals surface area contributed by atoms with Crippen LogP contribution in [-0.4, -0.2) is 13.4 Å². The molecule has 1 aromatic carbocycles. The van der Waals surface area contributed by atoms with E-state index in [4.69, 9.17) is 5.84 Å². The smallest absolute Gasteiger partial charge is 0.265 e. The van der Waals surface area contributed by atoms with Gasteiger partial charge in [-0.2, -0.15) is 0 Å². The van der Waals surface area contributed by atoms with Crippen molar-refractivity contribution in [2.75, 3.05) is 10.1 Å². The van der Waals surface area contributed by atoms with Gasteiger partial charge >= 0.3 is 0 Å². The Morgan fingerprint density at radius 2 is 2.05 bits per heavy atom. The molecule has 4 N–H and O–H groups in total. The molecule has 0 fully saturated rings. The Morgan fingerprint density at radius 1 is 1.33 bits per heavy atom. The molecule has 0 amide bonds. The van der Waals surface area contributed by atoms with Gasteiger partial charge in [0.25, 0.3) is 10.0 Å². The Labute approximate surface area is 129 Å². The third-order valence-corrected chi connectivity index (χ3v) is 4.74. The number of aromatic nitrogens is 1. The summed E-state index contributed by atoms with van der Waals surface area (Å²) in [5.74, 6) is 4.71. The van der Waals surface area contributed by atoms with Crippen molar-refractivity contribution in [3.05, 3.63) is 46.4 Å². The number of nitrogens with zero attached hydrogens (tertiary/aromatic N) is 1. The number of hydrogen-bond donors (Lipinski definition) is 3. The Balaban J connectivity index is 2.45. The molecule has 1 aromatic heterocycles. The van der Waals surface area contributed by atoms with Crippen molar-refractivity contribution >= 4 is 37.3 Å². The molecule has 0 saturated heterocycles. The fraction of sp³-hybridized carbons (Fsp3) is 0.0833. The molecule has 0 unspecified atom stereocenters. The summed E-state index contributed by atoms with van der Waals surface area (Å²) in [7, 11) is -3.95. The van der Waals surface area contributed by atoms with E-state index in [1.54, 1.807) is 6.92 Å². The molecule has 0 aliphatic carbocycles. The van der Waals surface area contributed by atoms with E-state index in [9.17, 15) is 12.8 Å². The summed E-state index contributed by atoms with van der Waals surface area (Å²) in [6.07, 6.45) is 2.56. The predicted octanol–water partition coefficient (Wildman–Crippen LogP) is 2.38. The molecule has 6 nitrogen and oxygen atoms in total. The highest BCUT2D eigenvalue weighted by atomic mass is 79.9. The number of halogens is 2. The van der Waals surface area contributed by atoms with Gasteiger partial charge in [0.2, 0.25) is 0 Å². The molecule has 2 rings (SSSR count). The van der Waals surface area contributed by atoms with Crippen molar-refractivity contribution in [2.24, 2.45) is 5.84 Å². The lowest BCUT2D eigenvalue weighted by atomic mass is 10.2. The van der Waals surface area contributed by atoms with E-state index in [2.05, 4.69) is 31.1 Å². The molecule has 0 aliphatic heterocycles. The van der Waals surface area contributed by atoms with E-state index < -0.39 is 15.8 Å². The molecule has 0 radical (unpaired) electrons. The summed E-state index contributed by atoms with van der Waals surface area (Å²) in [4.78, 5) is 3.63. The molecule has 9 heteroatoms. The maximum Gasteiger partial charge on any atom is 0.265 e. The van der Waals surface area contributed by atoms with Crippen LogP contribution < -0.4 is 16.0 Å². The standard InChI is InChI=1S/C12H12BrFN4O2S/c1-7-4-8(13)9(14)5-11(7)18-21(19,20)12-6-16-3-2-10(12)17-15/h2-6,18H,15H2,1H3,(H,16,17). The van der Waals surface area contributed by atoms with E-state index in [0.717, 1.165) is 12.3 Å². The van der Waals surface area contributed by atoms with Crippen molar-refractivity contribution < 1.29 is 12.8 Å². The summed E-state index contributed by atoms with van der Waals surface area (Å²) in [5.41, 5.74) is 3.18. The second kappa shape index (κ2) is 5.96. The van der Waals surface area contributed by atoms with Gasteiger partial charge in [0, 0.05) is 12.4 Å². The maximum absolute atomic E-state index is 13.6. The van der Waals surface area contributed by atoms with Crippen LogP contribution in [0.4, 0.5) is 15.8 Å². The maximum atomic E-state index is 13.6. The lowest BCUT2D eigenvalue weighted by Gasteiger charge is -2.13. The lowest BCUT2D eigenvalue weighted by Crippen LogP contribution is -2.18. The van der Waals surface area contributed by atoms with Crippen LogP contribution in [0.25, 0.3) is 0 Å². The Morgan fingerprint density at radius 3 is 2.71 bits per heavy atom. The van der Waals surface area contributed by atoms with Gasteiger partial charge in [-0.15, -0.1) is 0 Å². The van der Waals surface area contributed by atoms with Gasteiger partial charge < -0.3 is 5.43 Å². The van der Waals surface area contributed by atoms with Gasteiger partial charge in [-0.3, -0.25) is 15.5 Å². The number of nitrogens with two attached hydrogens (primary N) is 1. The molecule has 0 saturated carbocycles. The van der Waals surface area contributed by atoms with E-state index in [0.29, 0.717) is 5.56 Å². The first-order valence-electron chi connectivity index (χ1n) is 5.74. The van der Waals surface area contributed by atoms with Crippen LogP contribution in [0, 0.1) is 12.7 Å². The molecule has 1 heterocycles. The van der Waals surface area contributed by atoms with Crippen LogP contribution in [0.2, 0.25) is 0 Å². The van der Waals surface area contributed by atoms with Crippen molar-refractivity contribution in [3.63, 3.8) is 0 Å². The van der Waals surface area contributed by atoms with Crippen LogP contribution in [0.1, 0.15) is 5.56 Å². The third-order valence-electron chi connectivity index (χ3n) is 2.74. The Bertz CT molecular complexity index is 783. The van der Waals surface area contributed by atoms with E-state index in [-0.39, 0.29) is 20.7 Å². The first-order valence-corrected chi connectivity index (χ1v) is 8.02. The number of hydrazine groups is 1. The third kappa shape index (κ3) is 3.31. The molecule has 21 heavy (non-hydrogen) atoms. The van der Waals surface area contributed by atoms with E-state index >= 15 is 0 Å². The number of nitrogens with one attached hydrogen (secondary N) is 2. The first-order chi connectivity index (χ1) is 9.85. The average molecular weight is 375 g/mol. The van der Waals surface area contributed by atoms with Crippen LogP contribution in [0.5, 0.6) is 0 Å². The monoisotopic (exact) mass is 374 g/mol. The van der Waals surface area contributed by atoms with Crippen molar-refractivity contribution in [2.45, 2.75) is 11.8 Å². The Kier molecular flexibility index (Phi) is 4.45. The van der Waals surface area contributed by atoms with Gasteiger partial charge in [0.05, 0.1) is 15.8 Å². The summed E-state index contributed by atoms with van der Waals surface area (Å²) >= 11 is 3.04. The van der Waals surface area contributed by atoms with E-state index in [1.807, 2.05) is 0 Å². The minimum absolute atomic E-state index is 0.129. The quantitative estimate of drug-likeness (QED) is 0.563. The summed E-state index contributed by atoms with van der Waals surface area (Å²) in [6, 6.07) is 4.00. The van der Waals surface area contributed by atoms with Crippen LogP contribution >= 0.6 is 15.9 Å². The molecular formula is C12H12BrFN4O2S. The fourth-order valence-electron chi connectivity index (χ4n) is 1.67. The van der Waals surface area contributed by atoms with Gasteiger partial charge in [-0.05, 0) is 46.6 Å². The largest absolute Gasteiger partial charge is 0.323 e. The fourth-order valence-corrected chi connectivity index (χ4v) is 3.36. The number of hydrogen-bond acceptors (Lipinski definition) is 5. The van der Waals surface area contributed by atoms with Gasteiger partial charge in [0.15, 0.2) is 0 Å². The second-order valence-corrected chi connectivity index (χ2v) is 6.71. The number of nitrogen functional groups attached to an aromatic ring is 1. The number of rotatable bonds is 4. The number of sulfonamides is 1. The molecule has 0 aliphatic rings. The highest BCUT2D eigenvalue weighted by Gasteiger charge is 2.20. The zero-order chi connectivity index (χ0) is 15.6. The second-order valence-electron chi connectivity index (χ2n) is 4.20. The minimum Gasteiger partial charge on any atom is -0.323 e. The lowest BCUT2D eigenvalue weighted by molar-refractivity contribution is 0.600. The zero-order valence-corrected chi connectivity index (χ0v) is 13.3. The highest BCUT2D eigenvalue weighted by molar-refractivity contribution is 9.10. The SMILES string of the molecule is Cc1cc(Br)c(F)cc1NS(=O)(=O)c1cnccc1NN. The van der Waals surface area contributed by atoms with Crippen molar-refractivity contribution in [1.82, 2.24) is 4.98 Å². The summed E-state index contributed by atoms with van der Waals surface area (Å²) in [5, 5.41) is 0. The van der Waals surface area contributed by atoms with Crippen molar-refractivity contribution in [3.8, 4) is 0 Å². The summed E-state index contributed by atoms with van der Waals surface area (Å²) in [6.45, 7) is 1.66. The van der Waals surface area contributed by atoms with Gasteiger partial charge in [-0.25, -0.2) is 12.8 Å². The minimum atomic E-state index is -3.95. The number of pyridine rings is 1. The number of aryl methyl sites for hydroxylation is 1. The Hall–Kier alpha value is -1.71. The number of anilines is 2.